The number of thiazole rings is 1. The standard InChI is InChI=1S/C20H16ClN5OS3/c21-15-8-6-14(7-9-15)16-11-28-19(23-16)26(10-13-4-2-1-3-5-13)17(27)12-29-20-25-24-18(22)30-20/h1-9,11H,10,12H2,(H2,22,24). The molecule has 4 aromatic rings. The Labute approximate surface area is 190 Å². The van der Waals surface area contributed by atoms with Crippen molar-refractivity contribution in [1.29, 1.82) is 0 Å². The van der Waals surface area contributed by atoms with Gasteiger partial charge in [0, 0.05) is 16.0 Å². The average Bonchev–Trinajstić information content (AvgIpc) is 3.41. The minimum Gasteiger partial charge on any atom is -0.374 e. The normalized spacial score (nSPS) is 10.8. The van der Waals surface area contributed by atoms with E-state index in [9.17, 15) is 4.79 Å². The molecule has 2 N–H and O–H groups in total. The maximum absolute atomic E-state index is 13.1. The van der Waals surface area contributed by atoms with Gasteiger partial charge in [-0.2, -0.15) is 0 Å². The zero-order chi connectivity index (χ0) is 20.9. The third kappa shape index (κ3) is 5.17. The molecule has 10 heteroatoms. The first kappa shape index (κ1) is 20.8. The smallest absolute Gasteiger partial charge is 0.239 e. The largest absolute Gasteiger partial charge is 0.374 e. The van der Waals surface area contributed by atoms with Crippen LogP contribution in [0.2, 0.25) is 5.02 Å². The number of nitrogens with two attached hydrogens (primary N) is 1. The number of hydrogen-bond donors (Lipinski definition) is 1. The molecule has 2 aromatic heterocycles. The summed E-state index contributed by atoms with van der Waals surface area (Å²) in [7, 11) is 0. The van der Waals surface area contributed by atoms with Gasteiger partial charge in [0.1, 0.15) is 0 Å². The molecule has 0 atom stereocenters. The number of amides is 1. The van der Waals surface area contributed by atoms with Crippen molar-refractivity contribution in [1.82, 2.24) is 15.2 Å². The SMILES string of the molecule is Nc1nnc(SCC(=O)N(Cc2ccccc2)c2nc(-c3ccc(Cl)cc3)cs2)s1. The van der Waals surface area contributed by atoms with Gasteiger partial charge in [-0.1, -0.05) is 77.2 Å². The highest BCUT2D eigenvalue weighted by Gasteiger charge is 2.21. The Morgan fingerprint density at radius 1 is 1.10 bits per heavy atom. The maximum Gasteiger partial charge on any atom is 0.239 e. The second kappa shape index (κ2) is 9.57. The molecule has 152 valence electrons. The Hall–Kier alpha value is -2.46. The number of hydrogen-bond acceptors (Lipinski definition) is 8. The third-order valence-electron chi connectivity index (χ3n) is 4.09. The van der Waals surface area contributed by atoms with Gasteiger partial charge in [0.15, 0.2) is 9.47 Å². The molecular formula is C20H16ClN5OS3. The van der Waals surface area contributed by atoms with Crippen molar-refractivity contribution >= 4 is 62.2 Å². The predicted octanol–water partition coefficient (Wildman–Crippen LogP) is 5.22. The van der Waals surface area contributed by atoms with Gasteiger partial charge < -0.3 is 5.73 Å². The highest BCUT2D eigenvalue weighted by atomic mass is 35.5. The van der Waals surface area contributed by atoms with E-state index in [1.54, 1.807) is 4.90 Å². The van der Waals surface area contributed by atoms with Crippen molar-refractivity contribution < 1.29 is 4.79 Å². The van der Waals surface area contributed by atoms with Gasteiger partial charge in [-0.25, -0.2) is 4.98 Å². The molecule has 0 spiro atoms. The number of rotatable bonds is 7. The number of carbonyl (C=O) groups excluding carboxylic acids is 1. The van der Waals surface area contributed by atoms with E-state index in [-0.39, 0.29) is 11.7 Å². The van der Waals surface area contributed by atoms with Gasteiger partial charge in [-0.15, -0.1) is 21.5 Å². The molecule has 0 radical (unpaired) electrons. The van der Waals surface area contributed by atoms with E-state index in [1.165, 1.54) is 34.4 Å². The second-order valence-corrected chi connectivity index (χ2v) is 9.69. The van der Waals surface area contributed by atoms with Gasteiger partial charge in [0.05, 0.1) is 18.0 Å². The molecule has 0 aliphatic carbocycles. The van der Waals surface area contributed by atoms with Crippen LogP contribution < -0.4 is 10.6 Å². The van der Waals surface area contributed by atoms with Gasteiger partial charge in [0.25, 0.3) is 0 Å². The third-order valence-corrected chi connectivity index (χ3v) is 7.07. The molecule has 0 aliphatic heterocycles. The zero-order valence-corrected chi connectivity index (χ0v) is 18.8. The van der Waals surface area contributed by atoms with Gasteiger partial charge in [-0.3, -0.25) is 9.69 Å². The second-order valence-electron chi connectivity index (χ2n) is 6.18. The lowest BCUT2D eigenvalue weighted by Gasteiger charge is -2.19. The van der Waals surface area contributed by atoms with Crippen LogP contribution in [0.3, 0.4) is 0 Å². The van der Waals surface area contributed by atoms with Crippen LogP contribution in [0, 0.1) is 0 Å². The minimum absolute atomic E-state index is 0.0605. The lowest BCUT2D eigenvalue weighted by molar-refractivity contribution is -0.116. The first-order chi connectivity index (χ1) is 14.6. The Morgan fingerprint density at radius 3 is 2.57 bits per heavy atom. The lowest BCUT2D eigenvalue weighted by Crippen LogP contribution is -2.31. The van der Waals surface area contributed by atoms with Crippen LogP contribution in [0.1, 0.15) is 5.56 Å². The van der Waals surface area contributed by atoms with E-state index in [0.717, 1.165) is 16.8 Å². The molecule has 0 bridgehead atoms. The summed E-state index contributed by atoms with van der Waals surface area (Å²) in [6, 6.07) is 17.3. The number of benzene rings is 2. The Kier molecular flexibility index (Phi) is 6.63. The van der Waals surface area contributed by atoms with Crippen LogP contribution in [0.25, 0.3) is 11.3 Å². The van der Waals surface area contributed by atoms with Crippen molar-refractivity contribution in [3.63, 3.8) is 0 Å². The number of carbonyl (C=O) groups is 1. The Balaban J connectivity index is 1.56. The summed E-state index contributed by atoms with van der Waals surface area (Å²) in [4.78, 5) is 19.5. The number of nitrogen functional groups attached to an aromatic ring is 1. The first-order valence-electron chi connectivity index (χ1n) is 8.86. The molecule has 0 unspecified atom stereocenters. The minimum atomic E-state index is -0.0605. The molecule has 2 aromatic carbocycles. The van der Waals surface area contributed by atoms with Crippen LogP contribution >= 0.6 is 46.0 Å². The molecule has 0 saturated heterocycles. The summed E-state index contributed by atoms with van der Waals surface area (Å²) in [5, 5.41) is 11.4. The topological polar surface area (TPSA) is 85.0 Å². The maximum atomic E-state index is 13.1. The Bertz CT molecular complexity index is 1130. The molecule has 30 heavy (non-hydrogen) atoms. The van der Waals surface area contributed by atoms with Crippen molar-refractivity contribution in [2.75, 3.05) is 16.4 Å². The predicted molar refractivity (Wildman–Crippen MR) is 125 cm³/mol. The quantitative estimate of drug-likeness (QED) is 0.370. The molecule has 0 aliphatic rings. The van der Waals surface area contributed by atoms with Crippen molar-refractivity contribution in [2.24, 2.45) is 0 Å². The molecule has 6 nitrogen and oxygen atoms in total. The van der Waals surface area contributed by atoms with Gasteiger partial charge >= 0.3 is 0 Å². The zero-order valence-electron chi connectivity index (χ0n) is 15.6. The molecular weight excluding hydrogens is 458 g/mol. The van der Waals surface area contributed by atoms with Crippen LogP contribution in [0.15, 0.2) is 64.3 Å². The monoisotopic (exact) mass is 473 g/mol. The first-order valence-corrected chi connectivity index (χ1v) is 11.9. The molecule has 0 saturated carbocycles. The highest BCUT2D eigenvalue weighted by Crippen LogP contribution is 2.31. The van der Waals surface area contributed by atoms with E-state index >= 15 is 0 Å². The summed E-state index contributed by atoms with van der Waals surface area (Å²) in [5.41, 5.74) is 8.41. The number of halogens is 1. The lowest BCUT2D eigenvalue weighted by atomic mass is 10.2. The molecule has 0 fully saturated rings. The Morgan fingerprint density at radius 2 is 1.87 bits per heavy atom. The van der Waals surface area contributed by atoms with E-state index in [0.29, 0.717) is 26.2 Å². The number of aromatic nitrogens is 3. The fraction of sp³-hybridized carbons (Fsp3) is 0.100. The van der Waals surface area contributed by atoms with Crippen molar-refractivity contribution in [2.45, 2.75) is 10.9 Å². The molecule has 4 rings (SSSR count). The molecule has 2 heterocycles. The summed E-state index contributed by atoms with van der Waals surface area (Å²) < 4.78 is 0.668. The number of anilines is 2. The summed E-state index contributed by atoms with van der Waals surface area (Å²) in [6.07, 6.45) is 0. The fourth-order valence-electron chi connectivity index (χ4n) is 2.65. The van der Waals surface area contributed by atoms with E-state index in [4.69, 9.17) is 22.3 Å². The number of thioether (sulfide) groups is 1. The van der Waals surface area contributed by atoms with Crippen LogP contribution in [-0.4, -0.2) is 26.8 Å². The van der Waals surface area contributed by atoms with Crippen molar-refractivity contribution in [3.05, 3.63) is 70.6 Å². The summed E-state index contributed by atoms with van der Waals surface area (Å²) in [5.74, 6) is 0.159. The van der Waals surface area contributed by atoms with Crippen LogP contribution in [0.5, 0.6) is 0 Å². The average molecular weight is 474 g/mol. The number of nitrogens with zero attached hydrogens (tertiary/aromatic N) is 4. The van der Waals surface area contributed by atoms with E-state index in [2.05, 4.69) is 10.2 Å². The fourth-order valence-corrected chi connectivity index (χ4v) is 5.14. The highest BCUT2D eigenvalue weighted by molar-refractivity contribution is 8.01. The summed E-state index contributed by atoms with van der Waals surface area (Å²) >= 11 is 10.0. The van der Waals surface area contributed by atoms with E-state index < -0.39 is 0 Å². The van der Waals surface area contributed by atoms with Gasteiger partial charge in [-0.05, 0) is 17.7 Å². The molecule has 1 amide bonds. The van der Waals surface area contributed by atoms with Crippen molar-refractivity contribution in [3.8, 4) is 11.3 Å². The van der Waals surface area contributed by atoms with E-state index in [1.807, 2.05) is 60.0 Å². The van der Waals surface area contributed by atoms with Crippen LogP contribution in [-0.2, 0) is 11.3 Å². The van der Waals surface area contributed by atoms with Gasteiger partial charge in [0.2, 0.25) is 11.0 Å². The summed E-state index contributed by atoms with van der Waals surface area (Å²) in [6.45, 7) is 0.437. The van der Waals surface area contributed by atoms with Crippen LogP contribution in [0.4, 0.5) is 10.3 Å².